The van der Waals surface area contributed by atoms with Gasteiger partial charge in [0.15, 0.2) is 0 Å². The van der Waals surface area contributed by atoms with E-state index in [1.807, 2.05) is 24.3 Å². The minimum Gasteiger partial charge on any atom is -0.338 e. The maximum Gasteiger partial charge on any atom is 0.246 e. The van der Waals surface area contributed by atoms with Gasteiger partial charge in [-0.2, -0.15) is 0 Å². The number of rotatable bonds is 2. The fourth-order valence-electron chi connectivity index (χ4n) is 2.06. The second-order valence-electron chi connectivity index (χ2n) is 4.57. The number of piperidine rings is 1. The van der Waals surface area contributed by atoms with Crippen molar-refractivity contribution in [1.29, 1.82) is 0 Å². The Hall–Kier alpha value is -1.32. The van der Waals surface area contributed by atoms with Gasteiger partial charge in [0.05, 0.1) is 0 Å². The first kappa shape index (κ1) is 13.1. The fraction of sp³-hybridized carbons (Fsp3) is 0.357. The predicted molar refractivity (Wildman–Crippen MR) is 74.3 cm³/mol. The van der Waals surface area contributed by atoms with Crippen molar-refractivity contribution in [3.05, 3.63) is 40.9 Å². The molecule has 2 rings (SSSR count). The molecule has 3 nitrogen and oxygen atoms in total. The highest BCUT2D eigenvalue weighted by Crippen LogP contribution is 2.12. The molecule has 18 heavy (non-hydrogen) atoms. The van der Waals surface area contributed by atoms with Gasteiger partial charge in [0.1, 0.15) is 0 Å². The Morgan fingerprint density at radius 1 is 1.39 bits per heavy atom. The van der Waals surface area contributed by atoms with Gasteiger partial charge in [0.25, 0.3) is 0 Å². The van der Waals surface area contributed by atoms with Crippen LogP contribution in [0.5, 0.6) is 0 Å². The van der Waals surface area contributed by atoms with Gasteiger partial charge < -0.3 is 10.6 Å². The van der Waals surface area contributed by atoms with E-state index in [2.05, 4.69) is 0 Å². The third-order valence-corrected chi connectivity index (χ3v) is 3.31. The molecule has 0 aromatic heterocycles. The minimum absolute atomic E-state index is 0.0279. The Labute approximate surface area is 112 Å². The minimum atomic E-state index is 0.0279. The fourth-order valence-corrected chi connectivity index (χ4v) is 2.18. The van der Waals surface area contributed by atoms with Crippen molar-refractivity contribution >= 4 is 23.6 Å². The summed E-state index contributed by atoms with van der Waals surface area (Å²) in [6.07, 6.45) is 5.40. The second kappa shape index (κ2) is 6.03. The summed E-state index contributed by atoms with van der Waals surface area (Å²) < 4.78 is 0. The highest BCUT2D eigenvalue weighted by atomic mass is 35.5. The monoisotopic (exact) mass is 264 g/mol. The van der Waals surface area contributed by atoms with Gasteiger partial charge in [0.2, 0.25) is 5.91 Å². The van der Waals surface area contributed by atoms with Crippen LogP contribution in [0.15, 0.2) is 30.3 Å². The zero-order valence-electron chi connectivity index (χ0n) is 10.2. The Balaban J connectivity index is 1.96. The van der Waals surface area contributed by atoms with Gasteiger partial charge in [-0.1, -0.05) is 23.7 Å². The SMILES string of the molecule is N[C@@H]1CCCN(C(=O)/C=C/c2ccc(Cl)cc2)C1. The number of nitrogens with two attached hydrogens (primary N) is 1. The van der Waals surface area contributed by atoms with E-state index < -0.39 is 0 Å². The molecule has 0 unspecified atom stereocenters. The van der Waals surface area contributed by atoms with Crippen molar-refractivity contribution < 1.29 is 4.79 Å². The first-order valence-corrected chi connectivity index (χ1v) is 6.51. The van der Waals surface area contributed by atoms with Crippen molar-refractivity contribution in [2.24, 2.45) is 5.73 Å². The van der Waals surface area contributed by atoms with E-state index in [1.165, 1.54) is 0 Å². The van der Waals surface area contributed by atoms with E-state index in [0.717, 1.165) is 24.9 Å². The van der Waals surface area contributed by atoms with Crippen LogP contribution in [0.4, 0.5) is 0 Å². The Kier molecular flexibility index (Phi) is 4.39. The molecule has 96 valence electrons. The van der Waals surface area contributed by atoms with Crippen molar-refractivity contribution in [1.82, 2.24) is 4.90 Å². The highest BCUT2D eigenvalue weighted by Gasteiger charge is 2.19. The number of hydrogen-bond acceptors (Lipinski definition) is 2. The lowest BCUT2D eigenvalue weighted by molar-refractivity contribution is -0.127. The molecule has 1 atom stereocenters. The van der Waals surface area contributed by atoms with Crippen LogP contribution in [0.1, 0.15) is 18.4 Å². The standard InChI is InChI=1S/C14H17ClN2O/c15-12-6-3-11(4-7-12)5-8-14(18)17-9-1-2-13(16)10-17/h3-8,13H,1-2,9-10,16H2/b8-5+/t13-/m1/s1. The van der Waals surface area contributed by atoms with Crippen LogP contribution in [0.2, 0.25) is 5.02 Å². The molecule has 1 saturated heterocycles. The first-order valence-electron chi connectivity index (χ1n) is 6.13. The van der Waals surface area contributed by atoms with Crippen LogP contribution in [0.25, 0.3) is 6.08 Å². The summed E-state index contributed by atoms with van der Waals surface area (Å²) >= 11 is 5.80. The molecular formula is C14H17ClN2O. The number of carbonyl (C=O) groups excluding carboxylic acids is 1. The average Bonchev–Trinajstić information content (AvgIpc) is 2.38. The predicted octanol–water partition coefficient (Wildman–Crippen LogP) is 2.30. The van der Waals surface area contributed by atoms with Crippen LogP contribution in [-0.4, -0.2) is 29.9 Å². The summed E-state index contributed by atoms with van der Waals surface area (Å²) in [4.78, 5) is 13.7. The second-order valence-corrected chi connectivity index (χ2v) is 5.01. The van der Waals surface area contributed by atoms with E-state index in [1.54, 1.807) is 17.1 Å². The van der Waals surface area contributed by atoms with E-state index in [4.69, 9.17) is 17.3 Å². The summed E-state index contributed by atoms with van der Waals surface area (Å²) in [6.45, 7) is 1.46. The zero-order chi connectivity index (χ0) is 13.0. The van der Waals surface area contributed by atoms with Crippen molar-refractivity contribution in [3.63, 3.8) is 0 Å². The van der Waals surface area contributed by atoms with Gasteiger partial charge >= 0.3 is 0 Å². The molecular weight excluding hydrogens is 248 g/mol. The summed E-state index contributed by atoms with van der Waals surface area (Å²) in [7, 11) is 0. The highest BCUT2D eigenvalue weighted by molar-refractivity contribution is 6.30. The Morgan fingerprint density at radius 2 is 2.11 bits per heavy atom. The van der Waals surface area contributed by atoms with E-state index in [9.17, 15) is 4.79 Å². The normalized spacial score (nSPS) is 20.3. The topological polar surface area (TPSA) is 46.3 Å². The number of hydrogen-bond donors (Lipinski definition) is 1. The van der Waals surface area contributed by atoms with Crippen molar-refractivity contribution in [2.45, 2.75) is 18.9 Å². The molecule has 0 spiro atoms. The third-order valence-electron chi connectivity index (χ3n) is 3.06. The van der Waals surface area contributed by atoms with Crippen LogP contribution in [0.3, 0.4) is 0 Å². The number of amides is 1. The molecule has 2 N–H and O–H groups in total. The number of carbonyl (C=O) groups is 1. The zero-order valence-corrected chi connectivity index (χ0v) is 10.9. The van der Waals surface area contributed by atoms with Crippen LogP contribution >= 0.6 is 11.6 Å². The summed E-state index contributed by atoms with van der Waals surface area (Å²) in [5.74, 6) is 0.0279. The lowest BCUT2D eigenvalue weighted by Gasteiger charge is -2.29. The lowest BCUT2D eigenvalue weighted by atomic mass is 10.1. The summed E-state index contributed by atoms with van der Waals surface area (Å²) in [5.41, 5.74) is 6.82. The molecule has 1 aromatic rings. The van der Waals surface area contributed by atoms with Crippen molar-refractivity contribution in [3.8, 4) is 0 Å². The molecule has 0 aliphatic carbocycles. The molecule has 4 heteroatoms. The molecule has 0 radical (unpaired) electrons. The molecule has 1 amide bonds. The first-order chi connectivity index (χ1) is 8.65. The molecule has 1 heterocycles. The summed E-state index contributed by atoms with van der Waals surface area (Å²) in [6, 6.07) is 7.50. The average molecular weight is 265 g/mol. The van der Waals surface area contributed by atoms with E-state index in [0.29, 0.717) is 11.6 Å². The maximum absolute atomic E-state index is 11.9. The molecule has 1 fully saturated rings. The molecule has 0 saturated carbocycles. The van der Waals surface area contributed by atoms with Crippen LogP contribution in [-0.2, 0) is 4.79 Å². The van der Waals surface area contributed by atoms with E-state index in [-0.39, 0.29) is 11.9 Å². The smallest absolute Gasteiger partial charge is 0.246 e. The maximum atomic E-state index is 11.9. The van der Waals surface area contributed by atoms with Crippen LogP contribution < -0.4 is 5.73 Å². The quantitative estimate of drug-likeness (QED) is 0.834. The number of halogens is 1. The number of nitrogens with zero attached hydrogens (tertiary/aromatic N) is 1. The van der Waals surface area contributed by atoms with Gasteiger partial charge in [-0.25, -0.2) is 0 Å². The number of benzene rings is 1. The summed E-state index contributed by atoms with van der Waals surface area (Å²) in [5, 5.41) is 0.695. The Bertz CT molecular complexity index is 442. The molecule has 0 bridgehead atoms. The Morgan fingerprint density at radius 3 is 2.78 bits per heavy atom. The van der Waals surface area contributed by atoms with Gasteiger partial charge in [0, 0.05) is 30.2 Å². The van der Waals surface area contributed by atoms with Crippen LogP contribution in [0, 0.1) is 0 Å². The molecule has 1 aliphatic heterocycles. The van der Waals surface area contributed by atoms with Gasteiger partial charge in [-0.05, 0) is 36.6 Å². The largest absolute Gasteiger partial charge is 0.338 e. The van der Waals surface area contributed by atoms with E-state index >= 15 is 0 Å². The van der Waals surface area contributed by atoms with Crippen molar-refractivity contribution in [2.75, 3.05) is 13.1 Å². The molecule has 1 aromatic carbocycles. The third kappa shape index (κ3) is 3.59. The number of likely N-dealkylation sites (tertiary alicyclic amines) is 1. The van der Waals surface area contributed by atoms with Gasteiger partial charge in [-0.3, -0.25) is 4.79 Å². The lowest BCUT2D eigenvalue weighted by Crippen LogP contribution is -2.45. The molecule has 1 aliphatic rings. The van der Waals surface area contributed by atoms with Gasteiger partial charge in [-0.15, -0.1) is 0 Å².